The Bertz CT molecular complexity index is 3140. The maximum absolute atomic E-state index is 5.21. The summed E-state index contributed by atoms with van der Waals surface area (Å²) in [6, 6.07) is 0. The van der Waals surface area contributed by atoms with Crippen LogP contribution >= 0.6 is 0 Å². The molecule has 9 heterocycles. The maximum atomic E-state index is 5.21. The number of nitrogens with one attached hydrogen (secondary N) is 9. The standard InChI is InChI=1S/C40H62N10.C13H24N2.2C6H10N2.C5H8N2/c1-6-8-10-12-14-16-18-20-39-42-27-32(48-39)23-34-38(50-40(49-34)21-19-17-15-13-11-9-7-2)25-37-36(46-30(5)47-37)24-35-33(44-29(4)45-35)22-31-26-41-28(3)43-31;1-3-4-5-6-7-8-9-10-13-14-11-12(2)15-13;2*1-3-6-4-7-5(2)8-6;1-4-3-6-5(2)7-4/h26-27H,6-25H2,1-5H3,(H,41,43)(H,42,48)(H,44,45)(H,46,47)(H,49,50);11H,3-10H2,1-2H3,(H,14,15);2*4H,3H2,1-2H3,(H,7,8);3H,1-2H3,(H,6,7). The first-order chi connectivity index (χ1) is 42.7. The fourth-order valence-electron chi connectivity index (χ4n) is 10.8. The molecule has 18 nitrogen and oxygen atoms in total. The molecule has 9 aromatic heterocycles. The molecule has 0 fully saturated rings. The van der Waals surface area contributed by atoms with Gasteiger partial charge in [0.1, 0.15) is 52.4 Å². The van der Waals surface area contributed by atoms with Gasteiger partial charge in [-0.3, -0.25) is 0 Å². The van der Waals surface area contributed by atoms with Crippen LogP contribution in [0.3, 0.4) is 0 Å². The highest BCUT2D eigenvalue weighted by molar-refractivity contribution is 5.32. The molecular formula is C70H114N18. The summed E-state index contributed by atoms with van der Waals surface area (Å²) in [5.74, 6) is 9.07. The van der Waals surface area contributed by atoms with Gasteiger partial charge < -0.3 is 44.9 Å². The van der Waals surface area contributed by atoms with Gasteiger partial charge in [-0.2, -0.15) is 0 Å². The first-order valence-electron chi connectivity index (χ1n) is 33.8. The van der Waals surface area contributed by atoms with E-state index < -0.39 is 0 Å². The van der Waals surface area contributed by atoms with E-state index in [1.54, 1.807) is 0 Å². The number of H-pyrrole nitrogens is 9. The molecule has 0 aliphatic rings. The number of rotatable bonds is 34. The lowest BCUT2D eigenvalue weighted by atomic mass is 10.1. The Labute approximate surface area is 527 Å². The second-order valence-electron chi connectivity index (χ2n) is 24.1. The number of imidazole rings is 9. The van der Waals surface area contributed by atoms with Crippen LogP contribution in [-0.2, 0) is 57.8 Å². The van der Waals surface area contributed by atoms with Crippen molar-refractivity contribution in [3.8, 4) is 0 Å². The quantitative estimate of drug-likeness (QED) is 0.0174. The number of aryl methyl sites for hydroxylation is 13. The fraction of sp³-hybridized carbons (Fsp3) is 0.614. The Kier molecular flexibility index (Phi) is 33.5. The van der Waals surface area contributed by atoms with Gasteiger partial charge in [0.25, 0.3) is 0 Å². The lowest BCUT2D eigenvalue weighted by Gasteiger charge is -2.05. The van der Waals surface area contributed by atoms with Gasteiger partial charge in [0, 0.05) is 133 Å². The summed E-state index contributed by atoms with van der Waals surface area (Å²) in [6.45, 7) is 26.9. The van der Waals surface area contributed by atoms with Crippen molar-refractivity contribution >= 4 is 0 Å². The molecule has 9 aromatic rings. The summed E-state index contributed by atoms with van der Waals surface area (Å²) in [5.41, 5.74) is 13.4. The zero-order valence-corrected chi connectivity index (χ0v) is 56.7. The van der Waals surface area contributed by atoms with Gasteiger partial charge in [0.15, 0.2) is 0 Å². The second-order valence-corrected chi connectivity index (χ2v) is 24.1. The van der Waals surface area contributed by atoms with Crippen molar-refractivity contribution in [2.45, 2.75) is 283 Å². The van der Waals surface area contributed by atoms with Gasteiger partial charge in [0.2, 0.25) is 0 Å². The Hall–Kier alpha value is -7.11. The fourth-order valence-corrected chi connectivity index (χ4v) is 10.8. The summed E-state index contributed by atoms with van der Waals surface area (Å²) in [5, 5.41) is 0. The van der Waals surface area contributed by atoms with Crippen molar-refractivity contribution < 1.29 is 0 Å². The maximum Gasteiger partial charge on any atom is 0.106 e. The van der Waals surface area contributed by atoms with E-state index in [0.717, 1.165) is 155 Å². The minimum atomic E-state index is 0.667. The third kappa shape index (κ3) is 28.4. The van der Waals surface area contributed by atoms with Crippen molar-refractivity contribution in [2.75, 3.05) is 0 Å². The molecule has 18 heteroatoms. The van der Waals surface area contributed by atoms with Crippen molar-refractivity contribution in [3.63, 3.8) is 0 Å². The molecule has 9 N–H and O–H groups in total. The Balaban J connectivity index is 0.000000293. The first kappa shape index (κ1) is 71.6. The van der Waals surface area contributed by atoms with Crippen LogP contribution in [0.4, 0.5) is 0 Å². The van der Waals surface area contributed by atoms with E-state index in [9.17, 15) is 0 Å². The molecule has 0 saturated carbocycles. The van der Waals surface area contributed by atoms with E-state index >= 15 is 0 Å². The third-order valence-electron chi connectivity index (χ3n) is 15.6. The first-order valence-corrected chi connectivity index (χ1v) is 33.8. The molecule has 0 aromatic carbocycles. The predicted octanol–water partition coefficient (Wildman–Crippen LogP) is 16.8. The van der Waals surface area contributed by atoms with Crippen molar-refractivity contribution in [1.82, 2.24) is 89.7 Å². The number of hydrogen-bond acceptors (Lipinski definition) is 9. The van der Waals surface area contributed by atoms with Crippen LogP contribution in [0.25, 0.3) is 0 Å². The topological polar surface area (TPSA) is 258 Å². The van der Waals surface area contributed by atoms with Crippen LogP contribution in [0.5, 0.6) is 0 Å². The summed E-state index contributed by atoms with van der Waals surface area (Å²) in [6.07, 6.45) is 47.2. The van der Waals surface area contributed by atoms with Gasteiger partial charge in [-0.1, -0.05) is 150 Å². The monoisotopic (exact) mass is 1210 g/mol. The van der Waals surface area contributed by atoms with Crippen LogP contribution in [0.1, 0.15) is 290 Å². The van der Waals surface area contributed by atoms with Crippen molar-refractivity contribution in [1.29, 1.82) is 0 Å². The molecular weight excluding hydrogens is 1090 g/mol. The molecule has 0 radical (unpaired) electrons. The summed E-state index contributed by atoms with van der Waals surface area (Å²) >= 11 is 0. The van der Waals surface area contributed by atoms with Crippen molar-refractivity contribution in [3.05, 3.63) is 158 Å². The average molecular weight is 1210 g/mol. The van der Waals surface area contributed by atoms with Gasteiger partial charge in [0.05, 0.1) is 17.1 Å². The lowest BCUT2D eigenvalue weighted by Crippen LogP contribution is -2.03. The van der Waals surface area contributed by atoms with Crippen LogP contribution < -0.4 is 0 Å². The largest absolute Gasteiger partial charge is 0.346 e. The third-order valence-corrected chi connectivity index (χ3v) is 15.6. The average Bonchev–Trinajstić information content (AvgIpc) is 2.76. The molecule has 0 amide bonds. The van der Waals surface area contributed by atoms with Crippen LogP contribution in [0.2, 0.25) is 0 Å². The molecule has 0 atom stereocenters. The molecule has 0 saturated heterocycles. The van der Waals surface area contributed by atoms with E-state index in [-0.39, 0.29) is 0 Å². The van der Waals surface area contributed by atoms with Gasteiger partial charge in [-0.25, -0.2) is 44.9 Å². The van der Waals surface area contributed by atoms with Gasteiger partial charge in [-0.15, -0.1) is 0 Å². The van der Waals surface area contributed by atoms with Crippen molar-refractivity contribution in [2.24, 2.45) is 0 Å². The van der Waals surface area contributed by atoms with Gasteiger partial charge >= 0.3 is 0 Å². The minimum absolute atomic E-state index is 0.667. The van der Waals surface area contributed by atoms with E-state index in [4.69, 9.17) is 19.9 Å². The molecule has 9 rings (SSSR count). The summed E-state index contributed by atoms with van der Waals surface area (Å²) < 4.78 is 0. The smallest absolute Gasteiger partial charge is 0.106 e. The molecule has 0 bridgehead atoms. The molecule has 0 unspecified atom stereocenters. The normalized spacial score (nSPS) is 11.0. The highest BCUT2D eigenvalue weighted by atomic mass is 15.0. The molecule has 0 spiro atoms. The van der Waals surface area contributed by atoms with E-state index in [2.05, 4.69) is 111 Å². The second kappa shape index (κ2) is 41.2. The molecule has 88 heavy (non-hydrogen) atoms. The van der Waals surface area contributed by atoms with E-state index in [1.807, 2.05) is 85.6 Å². The van der Waals surface area contributed by atoms with E-state index in [1.165, 1.54) is 145 Å². The SMILES string of the molecule is CCCCCCCCCc1ncc(C)[nH]1.CCCCCCCCCc1ncc(Cc2[nH]c(CCCCCCCCC)nc2Cc2nc(C)[nH]c2Cc2nc(C)[nH]c2Cc2cnc(C)[nH]2)[nH]1.CCc1cnc(C)[nH]1.CCc1cnc(C)[nH]1.Cc1cnc(C)[nH]1. The number of aromatic nitrogens is 18. The predicted molar refractivity (Wildman–Crippen MR) is 360 cm³/mol. The van der Waals surface area contributed by atoms with E-state index in [0.29, 0.717) is 12.8 Å². The molecule has 0 aliphatic carbocycles. The Morgan fingerprint density at radius 2 is 0.602 bits per heavy atom. The zero-order valence-electron chi connectivity index (χ0n) is 56.7. The number of unbranched alkanes of at least 4 members (excludes halogenated alkanes) is 18. The lowest BCUT2D eigenvalue weighted by molar-refractivity contribution is 0.585. The zero-order chi connectivity index (χ0) is 63.3. The molecule has 0 aliphatic heterocycles. The Morgan fingerprint density at radius 3 is 1.00 bits per heavy atom. The van der Waals surface area contributed by atoms with Gasteiger partial charge in [-0.05, 0) is 87.5 Å². The number of hydrogen-bond donors (Lipinski definition) is 9. The highest BCUT2D eigenvalue weighted by Crippen LogP contribution is 2.23. The minimum Gasteiger partial charge on any atom is -0.346 e. The number of nitrogens with zero attached hydrogens (tertiary/aromatic N) is 9. The van der Waals surface area contributed by atoms with Crippen LogP contribution in [0, 0.1) is 55.4 Å². The number of aromatic amines is 9. The highest BCUT2D eigenvalue weighted by Gasteiger charge is 2.20. The summed E-state index contributed by atoms with van der Waals surface area (Å²) in [7, 11) is 0. The summed E-state index contributed by atoms with van der Waals surface area (Å²) in [4.78, 5) is 70.8. The van der Waals surface area contributed by atoms with Crippen LogP contribution in [-0.4, -0.2) is 89.7 Å². The Morgan fingerprint density at radius 1 is 0.261 bits per heavy atom. The molecule has 484 valence electrons. The van der Waals surface area contributed by atoms with Crippen LogP contribution in [0.15, 0.2) is 37.2 Å².